The van der Waals surface area contributed by atoms with Gasteiger partial charge in [0.1, 0.15) is 11.5 Å². The van der Waals surface area contributed by atoms with Crippen molar-refractivity contribution < 1.29 is 14.4 Å². The number of hydrogen-bond donors (Lipinski definition) is 0. The van der Waals surface area contributed by atoms with E-state index in [2.05, 4.69) is 9.97 Å². The van der Waals surface area contributed by atoms with Gasteiger partial charge >= 0.3 is 0 Å². The van der Waals surface area contributed by atoms with Crippen LogP contribution in [0.5, 0.6) is 11.5 Å². The van der Waals surface area contributed by atoms with Crippen molar-refractivity contribution >= 4 is 17.5 Å². The molecule has 2 aromatic rings. The van der Waals surface area contributed by atoms with Gasteiger partial charge in [0.2, 0.25) is 5.91 Å². The summed E-state index contributed by atoms with van der Waals surface area (Å²) >= 11 is 6.01. The van der Waals surface area contributed by atoms with Gasteiger partial charge in [-0.2, -0.15) is 0 Å². The number of carbonyl (C=O) groups excluding carboxylic acids is 1. The molecule has 0 N–H and O–H groups in total. The molecule has 8 heteroatoms. The molecule has 0 unspecified atom stereocenters. The molecule has 2 heterocycles. The largest absolute Gasteiger partial charge is 0.494 e. The Labute approximate surface area is 194 Å². The molecule has 1 aromatic heterocycles. The van der Waals surface area contributed by atoms with E-state index >= 15 is 0 Å². The van der Waals surface area contributed by atoms with Crippen molar-refractivity contribution in [2.75, 3.05) is 32.8 Å². The van der Waals surface area contributed by atoms with Gasteiger partial charge in [-0.3, -0.25) is 9.78 Å². The van der Waals surface area contributed by atoms with E-state index in [1.165, 1.54) is 38.3 Å². The predicted molar refractivity (Wildman–Crippen MR) is 123 cm³/mol. The molecule has 2 aliphatic rings. The van der Waals surface area contributed by atoms with Crippen LogP contribution >= 0.6 is 11.6 Å². The van der Waals surface area contributed by atoms with Crippen LogP contribution in [0.25, 0.3) is 0 Å². The number of carbonyl (C=O) groups is 1. The molecule has 1 amide bonds. The third kappa shape index (κ3) is 6.56. The molecule has 1 saturated heterocycles. The van der Waals surface area contributed by atoms with Gasteiger partial charge in [0.25, 0.3) is 0 Å². The first-order valence-corrected chi connectivity index (χ1v) is 11.9. The molecule has 1 aliphatic carbocycles. The maximum absolute atomic E-state index is 12.5. The number of nitrogens with zero attached hydrogens (tertiary/aromatic N) is 4. The van der Waals surface area contributed by atoms with Gasteiger partial charge in [-0.15, -0.1) is 5.06 Å². The summed E-state index contributed by atoms with van der Waals surface area (Å²) in [5.41, 5.74) is 0.513. The molecule has 0 atom stereocenters. The Morgan fingerprint density at radius 3 is 2.38 bits per heavy atom. The first-order chi connectivity index (χ1) is 15.7. The van der Waals surface area contributed by atoms with Crippen molar-refractivity contribution in [3.63, 3.8) is 0 Å². The highest BCUT2D eigenvalue weighted by Crippen LogP contribution is 2.27. The quantitative estimate of drug-likeness (QED) is 0.591. The van der Waals surface area contributed by atoms with Gasteiger partial charge in [-0.25, -0.2) is 4.98 Å². The molecule has 7 nitrogen and oxygen atoms in total. The number of rotatable bonds is 8. The molecule has 32 heavy (non-hydrogen) atoms. The van der Waals surface area contributed by atoms with Gasteiger partial charge in [0.05, 0.1) is 31.8 Å². The van der Waals surface area contributed by atoms with Crippen LogP contribution < -0.4 is 9.57 Å². The summed E-state index contributed by atoms with van der Waals surface area (Å²) in [6, 6.07) is 7.79. The third-order valence-electron chi connectivity index (χ3n) is 6.21. The van der Waals surface area contributed by atoms with E-state index in [-0.39, 0.29) is 17.5 Å². The Bertz CT molecular complexity index is 866. The molecule has 1 aliphatic heterocycles. The minimum Gasteiger partial charge on any atom is -0.494 e. The maximum atomic E-state index is 12.5. The number of amides is 1. The van der Waals surface area contributed by atoms with E-state index in [9.17, 15) is 4.79 Å². The summed E-state index contributed by atoms with van der Waals surface area (Å²) in [6.07, 6.45) is 11.2. The van der Waals surface area contributed by atoms with E-state index in [1.54, 1.807) is 6.20 Å². The lowest BCUT2D eigenvalue weighted by Crippen LogP contribution is -2.50. The van der Waals surface area contributed by atoms with Crippen LogP contribution in [0, 0.1) is 5.92 Å². The highest BCUT2D eigenvalue weighted by Gasteiger charge is 2.23. The summed E-state index contributed by atoms with van der Waals surface area (Å²) < 4.78 is 5.92. The Kier molecular flexibility index (Phi) is 8.18. The van der Waals surface area contributed by atoms with Crippen LogP contribution in [0.3, 0.4) is 0 Å². The molecule has 0 radical (unpaired) electrons. The Morgan fingerprint density at radius 2 is 1.66 bits per heavy atom. The average Bonchev–Trinajstić information content (AvgIpc) is 2.83. The van der Waals surface area contributed by atoms with Crippen LogP contribution in [0.4, 0.5) is 0 Å². The fourth-order valence-electron chi connectivity index (χ4n) is 4.32. The molecular formula is C24H31ClN4O3. The molecule has 1 saturated carbocycles. The number of aromatic nitrogens is 2. The van der Waals surface area contributed by atoms with E-state index in [0.29, 0.717) is 31.9 Å². The first-order valence-electron chi connectivity index (χ1n) is 11.6. The second-order valence-electron chi connectivity index (χ2n) is 8.48. The number of hydrogen-bond acceptors (Lipinski definition) is 6. The topological polar surface area (TPSA) is 67.8 Å². The Hall–Kier alpha value is -2.38. The van der Waals surface area contributed by atoms with Crippen molar-refractivity contribution in [1.29, 1.82) is 0 Å². The number of hydroxylamine groups is 2. The van der Waals surface area contributed by atoms with E-state index in [0.717, 1.165) is 30.4 Å². The van der Waals surface area contributed by atoms with Gasteiger partial charge < -0.3 is 14.5 Å². The summed E-state index contributed by atoms with van der Waals surface area (Å²) in [4.78, 5) is 28.4. The lowest BCUT2D eigenvalue weighted by Gasteiger charge is -2.34. The second kappa shape index (κ2) is 11.5. The van der Waals surface area contributed by atoms with Gasteiger partial charge in [0.15, 0.2) is 5.15 Å². The van der Waals surface area contributed by atoms with Crippen molar-refractivity contribution in [2.45, 2.75) is 44.9 Å². The van der Waals surface area contributed by atoms with Gasteiger partial charge in [0, 0.05) is 25.5 Å². The number of halogens is 1. The molecule has 1 aromatic carbocycles. The third-order valence-corrected chi connectivity index (χ3v) is 6.53. The van der Waals surface area contributed by atoms with E-state index in [4.69, 9.17) is 21.2 Å². The smallest absolute Gasteiger partial charge is 0.228 e. The van der Waals surface area contributed by atoms with Crippen molar-refractivity contribution in [1.82, 2.24) is 19.9 Å². The molecule has 172 valence electrons. The van der Waals surface area contributed by atoms with Crippen LogP contribution in [-0.2, 0) is 11.2 Å². The zero-order valence-electron chi connectivity index (χ0n) is 18.4. The lowest BCUT2D eigenvalue weighted by molar-refractivity contribution is -0.139. The average molecular weight is 459 g/mol. The molecule has 4 rings (SSSR count). The number of ether oxygens (including phenoxy) is 1. The normalized spacial score (nSPS) is 17.8. The lowest BCUT2D eigenvalue weighted by atomic mass is 9.87. The number of benzene rings is 1. The van der Waals surface area contributed by atoms with Gasteiger partial charge in [-0.05, 0) is 36.6 Å². The summed E-state index contributed by atoms with van der Waals surface area (Å²) in [5.74, 6) is 2.48. The molecule has 0 spiro atoms. The zero-order valence-corrected chi connectivity index (χ0v) is 19.2. The SMILES string of the molecule is O=C(Cc1nccnc1Cl)N1CCN(Oc2ccc(OCCC3CCCCC3)cc2)CC1. The zero-order chi connectivity index (χ0) is 22.2. The Morgan fingerprint density at radius 1 is 0.969 bits per heavy atom. The maximum Gasteiger partial charge on any atom is 0.228 e. The first kappa shape index (κ1) is 22.8. The molecule has 2 fully saturated rings. The molecule has 0 bridgehead atoms. The molecular weight excluding hydrogens is 428 g/mol. The highest BCUT2D eigenvalue weighted by atomic mass is 35.5. The van der Waals surface area contributed by atoms with Crippen molar-refractivity contribution in [3.8, 4) is 11.5 Å². The second-order valence-corrected chi connectivity index (χ2v) is 8.84. The van der Waals surface area contributed by atoms with Crippen LogP contribution in [0.1, 0.15) is 44.2 Å². The van der Waals surface area contributed by atoms with Gasteiger partial charge in [-0.1, -0.05) is 43.7 Å². The standard InChI is InChI=1S/C24H31ClN4O3/c25-24-22(26-11-12-27-24)18-23(30)28-13-15-29(16-14-28)32-21-8-6-20(7-9-21)31-17-10-19-4-2-1-3-5-19/h6-9,11-12,19H,1-5,10,13-18H2. The fraction of sp³-hybridized carbons (Fsp3) is 0.542. The number of piperazine rings is 1. The minimum absolute atomic E-state index is 0.00165. The van der Waals surface area contributed by atoms with Crippen molar-refractivity contribution in [2.24, 2.45) is 5.92 Å². The summed E-state index contributed by atoms with van der Waals surface area (Å²) in [7, 11) is 0. The minimum atomic E-state index is 0.00165. The van der Waals surface area contributed by atoms with Crippen LogP contribution in [0.2, 0.25) is 5.15 Å². The van der Waals surface area contributed by atoms with E-state index in [1.807, 2.05) is 34.2 Å². The van der Waals surface area contributed by atoms with E-state index < -0.39 is 0 Å². The predicted octanol–water partition coefficient (Wildman–Crippen LogP) is 4.16. The Balaban J connectivity index is 1.17. The highest BCUT2D eigenvalue weighted by molar-refractivity contribution is 6.30. The van der Waals surface area contributed by atoms with Crippen LogP contribution in [0.15, 0.2) is 36.7 Å². The van der Waals surface area contributed by atoms with Crippen LogP contribution in [-0.4, -0.2) is 58.6 Å². The van der Waals surface area contributed by atoms with Crippen molar-refractivity contribution in [3.05, 3.63) is 47.5 Å². The fourth-order valence-corrected chi connectivity index (χ4v) is 4.49. The summed E-state index contributed by atoms with van der Waals surface area (Å²) in [6.45, 7) is 3.25. The monoisotopic (exact) mass is 458 g/mol. The summed E-state index contributed by atoms with van der Waals surface area (Å²) in [5, 5.41) is 2.17.